The van der Waals surface area contributed by atoms with Gasteiger partial charge < -0.3 is 4.74 Å². The van der Waals surface area contributed by atoms with Crippen molar-refractivity contribution in [2.45, 2.75) is 17.7 Å². The average molecular weight is 487 g/mol. The number of sulfonamides is 1. The Morgan fingerprint density at radius 1 is 1.09 bits per heavy atom. The summed E-state index contributed by atoms with van der Waals surface area (Å²) < 4.78 is 36.2. The Kier molecular flexibility index (Phi) is 5.19. The van der Waals surface area contributed by atoms with Crippen molar-refractivity contribution in [3.05, 3.63) is 82.0 Å². The van der Waals surface area contributed by atoms with Crippen LogP contribution in [0.15, 0.2) is 66.1 Å². The van der Waals surface area contributed by atoms with Gasteiger partial charge in [-0.15, -0.1) is 0 Å². The van der Waals surface area contributed by atoms with E-state index in [0.29, 0.717) is 22.4 Å². The number of benzene rings is 2. The first-order valence-corrected chi connectivity index (χ1v) is 11.5. The van der Waals surface area contributed by atoms with Crippen molar-refractivity contribution in [1.82, 2.24) is 19.5 Å². The maximum absolute atomic E-state index is 13.6. The van der Waals surface area contributed by atoms with Gasteiger partial charge in [-0.1, -0.05) is 29.8 Å². The molecule has 11 nitrogen and oxygen atoms in total. The Bertz CT molecular complexity index is 1470. The number of aromatic nitrogens is 4. The lowest BCUT2D eigenvalue weighted by molar-refractivity contribution is -0.384. The van der Waals surface area contributed by atoms with E-state index in [0.717, 1.165) is 12.1 Å². The van der Waals surface area contributed by atoms with Crippen LogP contribution >= 0.6 is 11.6 Å². The van der Waals surface area contributed by atoms with E-state index < -0.39 is 21.2 Å². The second-order valence-corrected chi connectivity index (χ2v) is 9.39. The standard InChI is InChI=1S/C20H15ClN6O5S/c21-19-18-20(23-11-22-19)25(12-24-18)17-9-26(16-4-2-1-3-13(16)10-32-17)33(30,31)15-7-5-14(6-8-15)27(28)29/h1-8,11-12,17H,9-10H2. The molecular weight excluding hydrogens is 472 g/mol. The number of anilines is 1. The van der Waals surface area contributed by atoms with Gasteiger partial charge in [-0.3, -0.25) is 19.0 Å². The highest BCUT2D eigenvalue weighted by atomic mass is 35.5. The molecule has 3 heterocycles. The Morgan fingerprint density at radius 2 is 1.85 bits per heavy atom. The predicted octanol–water partition coefficient (Wildman–Crippen LogP) is 3.31. The van der Waals surface area contributed by atoms with E-state index in [1.54, 1.807) is 28.8 Å². The van der Waals surface area contributed by atoms with Gasteiger partial charge in [0.1, 0.15) is 11.8 Å². The van der Waals surface area contributed by atoms with Crippen LogP contribution in [-0.2, 0) is 21.4 Å². The fraction of sp³-hybridized carbons (Fsp3) is 0.150. The number of nitrogens with zero attached hydrogens (tertiary/aromatic N) is 6. The summed E-state index contributed by atoms with van der Waals surface area (Å²) in [5, 5.41) is 11.2. The number of para-hydroxylation sites is 1. The summed E-state index contributed by atoms with van der Waals surface area (Å²) in [5.41, 5.74) is 1.69. The van der Waals surface area contributed by atoms with Gasteiger partial charge in [0.05, 0.1) is 35.0 Å². The molecule has 0 radical (unpaired) electrons. The number of hydrogen-bond donors (Lipinski definition) is 0. The lowest BCUT2D eigenvalue weighted by Crippen LogP contribution is -2.36. The lowest BCUT2D eigenvalue weighted by atomic mass is 10.2. The molecule has 2 aromatic heterocycles. The van der Waals surface area contributed by atoms with Crippen molar-refractivity contribution in [3.63, 3.8) is 0 Å². The number of non-ortho nitro benzene ring substituents is 1. The number of ether oxygens (including phenoxy) is 1. The summed E-state index contributed by atoms with van der Waals surface area (Å²) in [4.78, 5) is 22.7. The predicted molar refractivity (Wildman–Crippen MR) is 118 cm³/mol. The molecule has 1 aliphatic heterocycles. The molecule has 168 valence electrons. The minimum Gasteiger partial charge on any atom is -0.351 e. The van der Waals surface area contributed by atoms with Gasteiger partial charge >= 0.3 is 0 Å². The third kappa shape index (κ3) is 3.67. The molecule has 5 rings (SSSR count). The number of nitro benzene ring substituents is 1. The largest absolute Gasteiger partial charge is 0.351 e. The van der Waals surface area contributed by atoms with Crippen molar-refractivity contribution < 1.29 is 18.1 Å². The molecular formula is C20H15ClN6O5S. The van der Waals surface area contributed by atoms with Crippen LogP contribution in [0.5, 0.6) is 0 Å². The summed E-state index contributed by atoms with van der Waals surface area (Å²) >= 11 is 6.11. The zero-order chi connectivity index (χ0) is 23.2. The van der Waals surface area contributed by atoms with E-state index in [4.69, 9.17) is 16.3 Å². The summed E-state index contributed by atoms with van der Waals surface area (Å²) in [7, 11) is -4.09. The smallest absolute Gasteiger partial charge is 0.269 e. The topological polar surface area (TPSA) is 133 Å². The molecule has 0 spiro atoms. The van der Waals surface area contributed by atoms with Crippen LogP contribution in [0.1, 0.15) is 11.8 Å². The van der Waals surface area contributed by atoms with Crippen molar-refractivity contribution in [2.75, 3.05) is 10.8 Å². The maximum atomic E-state index is 13.6. The van der Waals surface area contributed by atoms with Crippen LogP contribution in [0.4, 0.5) is 11.4 Å². The number of halogens is 1. The van der Waals surface area contributed by atoms with E-state index in [2.05, 4.69) is 15.0 Å². The van der Waals surface area contributed by atoms with Gasteiger partial charge in [-0.25, -0.2) is 23.4 Å². The second kappa shape index (κ2) is 8.06. The molecule has 0 bridgehead atoms. The highest BCUT2D eigenvalue weighted by Gasteiger charge is 2.33. The van der Waals surface area contributed by atoms with Crippen LogP contribution in [0.2, 0.25) is 5.15 Å². The number of imidazole rings is 1. The van der Waals surface area contributed by atoms with E-state index in [1.165, 1.54) is 29.1 Å². The highest BCUT2D eigenvalue weighted by molar-refractivity contribution is 7.92. The molecule has 0 fully saturated rings. The summed E-state index contributed by atoms with van der Waals surface area (Å²) in [5.74, 6) is 0. The van der Waals surface area contributed by atoms with Crippen molar-refractivity contribution in [2.24, 2.45) is 0 Å². The summed E-state index contributed by atoms with van der Waals surface area (Å²) in [6.07, 6.45) is 1.99. The van der Waals surface area contributed by atoms with Gasteiger partial charge in [0.2, 0.25) is 0 Å². The van der Waals surface area contributed by atoms with Gasteiger partial charge in [-0.2, -0.15) is 0 Å². The average Bonchev–Trinajstić information content (AvgIpc) is 3.15. The second-order valence-electron chi connectivity index (χ2n) is 7.17. The molecule has 33 heavy (non-hydrogen) atoms. The van der Waals surface area contributed by atoms with Gasteiger partial charge in [0, 0.05) is 17.7 Å². The van der Waals surface area contributed by atoms with Crippen LogP contribution in [0, 0.1) is 10.1 Å². The van der Waals surface area contributed by atoms with Crippen LogP contribution in [-0.4, -0.2) is 39.4 Å². The highest BCUT2D eigenvalue weighted by Crippen LogP contribution is 2.34. The van der Waals surface area contributed by atoms with Crippen LogP contribution < -0.4 is 4.31 Å². The third-order valence-corrected chi connectivity index (χ3v) is 7.34. The van der Waals surface area contributed by atoms with E-state index in [1.807, 2.05) is 0 Å². The first kappa shape index (κ1) is 21.2. The quantitative estimate of drug-likeness (QED) is 0.243. The molecule has 0 saturated heterocycles. The Balaban J connectivity index is 1.60. The number of hydrogen-bond acceptors (Lipinski definition) is 8. The summed E-state index contributed by atoms with van der Waals surface area (Å²) in [6, 6.07) is 11.7. The maximum Gasteiger partial charge on any atom is 0.269 e. The molecule has 0 N–H and O–H groups in total. The van der Waals surface area contributed by atoms with E-state index >= 15 is 0 Å². The molecule has 1 unspecified atom stereocenters. The fourth-order valence-electron chi connectivity index (χ4n) is 3.65. The first-order valence-electron chi connectivity index (χ1n) is 9.66. The van der Waals surface area contributed by atoms with Crippen LogP contribution in [0.3, 0.4) is 0 Å². The molecule has 13 heteroatoms. The number of rotatable bonds is 4. The van der Waals surface area contributed by atoms with Crippen molar-refractivity contribution in [3.8, 4) is 0 Å². The molecule has 1 aliphatic rings. The molecule has 0 amide bonds. The van der Waals surface area contributed by atoms with Gasteiger partial charge in [0.15, 0.2) is 17.0 Å². The summed E-state index contributed by atoms with van der Waals surface area (Å²) in [6.45, 7) is 0.0506. The normalized spacial score (nSPS) is 16.4. The van der Waals surface area contributed by atoms with E-state index in [9.17, 15) is 18.5 Å². The van der Waals surface area contributed by atoms with Crippen molar-refractivity contribution in [1.29, 1.82) is 0 Å². The first-order chi connectivity index (χ1) is 15.9. The van der Waals surface area contributed by atoms with Gasteiger partial charge in [-0.05, 0) is 18.2 Å². The SMILES string of the molecule is O=[N+]([O-])c1ccc(S(=O)(=O)N2CC(n3cnc4c(Cl)ncnc43)OCc3ccccc32)cc1. The van der Waals surface area contributed by atoms with Gasteiger partial charge in [0.25, 0.3) is 15.7 Å². The monoisotopic (exact) mass is 486 g/mol. The molecule has 0 aliphatic carbocycles. The zero-order valence-corrected chi connectivity index (χ0v) is 18.3. The lowest BCUT2D eigenvalue weighted by Gasteiger charge is -2.27. The number of nitro groups is 1. The Labute approximate surface area is 192 Å². The Hall–Kier alpha value is -3.61. The third-order valence-electron chi connectivity index (χ3n) is 5.27. The molecule has 4 aromatic rings. The van der Waals surface area contributed by atoms with E-state index in [-0.39, 0.29) is 28.9 Å². The molecule has 1 atom stereocenters. The minimum atomic E-state index is -4.09. The minimum absolute atomic E-state index is 0.0792. The van der Waals surface area contributed by atoms with Crippen LogP contribution in [0.25, 0.3) is 11.2 Å². The van der Waals surface area contributed by atoms with Crippen molar-refractivity contribution >= 4 is 44.2 Å². The molecule has 0 saturated carbocycles. The fourth-order valence-corrected chi connectivity index (χ4v) is 5.32. The molecule has 2 aromatic carbocycles. The zero-order valence-electron chi connectivity index (χ0n) is 16.8. The number of fused-ring (bicyclic) bond motifs is 2. The Morgan fingerprint density at radius 3 is 2.61 bits per heavy atom.